The average molecular weight is 399 g/mol. The topological polar surface area (TPSA) is 77.9 Å². The molecule has 1 heterocycles. The highest BCUT2D eigenvalue weighted by Gasteiger charge is 2.43. The van der Waals surface area contributed by atoms with Gasteiger partial charge in [0.05, 0.1) is 5.56 Å². The Labute approximate surface area is 159 Å². The van der Waals surface area contributed by atoms with Gasteiger partial charge in [0, 0.05) is 19.4 Å². The predicted octanol–water partition coefficient (Wildman–Crippen LogP) is 4.54. The fourth-order valence-corrected chi connectivity index (χ4v) is 2.58. The highest BCUT2D eigenvalue weighted by molar-refractivity contribution is 5.78. The van der Waals surface area contributed by atoms with E-state index < -0.39 is 29.4 Å². The van der Waals surface area contributed by atoms with Crippen molar-refractivity contribution in [1.82, 2.24) is 4.98 Å². The molecule has 28 heavy (non-hydrogen) atoms. The van der Waals surface area contributed by atoms with Gasteiger partial charge in [0.15, 0.2) is 0 Å². The maximum Gasteiger partial charge on any atom is 0.417 e. The summed E-state index contributed by atoms with van der Waals surface area (Å²) in [5, 5.41) is 9.54. The van der Waals surface area contributed by atoms with Crippen LogP contribution in [0, 0.1) is 0 Å². The number of nitrogens with zero attached hydrogens (tertiary/aromatic N) is 1. The van der Waals surface area contributed by atoms with Gasteiger partial charge in [-0.3, -0.25) is 0 Å². The summed E-state index contributed by atoms with van der Waals surface area (Å²) in [5.41, 5.74) is -2.47. The molecule has 0 aliphatic rings. The van der Waals surface area contributed by atoms with Crippen molar-refractivity contribution in [3.8, 4) is 17.4 Å². The van der Waals surface area contributed by atoms with Crippen molar-refractivity contribution in [2.45, 2.75) is 38.1 Å². The summed E-state index contributed by atoms with van der Waals surface area (Å²) >= 11 is 0. The number of rotatable bonds is 8. The number of ether oxygens (including phenoxy) is 3. The number of methoxy groups -OCH3 is 1. The number of carboxylic acid groups (broad SMARTS) is 1. The molecule has 0 spiro atoms. The number of carbonyl (C=O) groups is 1. The van der Waals surface area contributed by atoms with Crippen LogP contribution < -0.4 is 9.47 Å². The molecule has 152 valence electrons. The van der Waals surface area contributed by atoms with Crippen LogP contribution in [0.15, 0.2) is 42.6 Å². The second kappa shape index (κ2) is 8.47. The van der Waals surface area contributed by atoms with Gasteiger partial charge in [-0.05, 0) is 43.7 Å². The van der Waals surface area contributed by atoms with E-state index in [1.54, 1.807) is 6.92 Å². The average Bonchev–Trinajstić information content (AvgIpc) is 2.64. The zero-order chi connectivity index (χ0) is 20.9. The van der Waals surface area contributed by atoms with Gasteiger partial charge in [-0.2, -0.15) is 13.2 Å². The first kappa shape index (κ1) is 21.5. The first-order valence-corrected chi connectivity index (χ1v) is 8.36. The number of benzene rings is 1. The molecule has 0 bridgehead atoms. The van der Waals surface area contributed by atoms with Crippen molar-refractivity contribution in [2.75, 3.05) is 7.11 Å². The van der Waals surface area contributed by atoms with Gasteiger partial charge in [0.25, 0.3) is 0 Å². The Balaban J connectivity index is 2.11. The summed E-state index contributed by atoms with van der Waals surface area (Å²) in [6.07, 6.45) is -4.03. The highest BCUT2D eigenvalue weighted by atomic mass is 19.4. The quantitative estimate of drug-likeness (QED) is 0.702. The van der Waals surface area contributed by atoms with Crippen LogP contribution in [0.3, 0.4) is 0 Å². The van der Waals surface area contributed by atoms with Crippen molar-refractivity contribution in [3.05, 3.63) is 48.2 Å². The summed E-state index contributed by atoms with van der Waals surface area (Å²) in [5.74, 6) is -0.610. The zero-order valence-corrected chi connectivity index (χ0v) is 15.5. The largest absolute Gasteiger partial charge is 0.478 e. The Hall–Kier alpha value is -2.81. The third-order valence-corrected chi connectivity index (χ3v) is 4.13. The molecular weight excluding hydrogens is 379 g/mol. The molecule has 0 fully saturated rings. The van der Waals surface area contributed by atoms with Crippen molar-refractivity contribution in [1.29, 1.82) is 0 Å². The lowest BCUT2D eigenvalue weighted by Crippen LogP contribution is -2.52. The molecule has 0 saturated carbocycles. The smallest absolute Gasteiger partial charge is 0.417 e. The van der Waals surface area contributed by atoms with Gasteiger partial charge >= 0.3 is 12.1 Å². The van der Waals surface area contributed by atoms with E-state index in [1.807, 2.05) is 0 Å². The van der Waals surface area contributed by atoms with E-state index in [4.69, 9.17) is 14.2 Å². The second-order valence-electron chi connectivity index (χ2n) is 6.10. The Bertz CT molecular complexity index is 789. The monoisotopic (exact) mass is 399 g/mol. The molecule has 1 N–H and O–H groups in total. The Morgan fingerprint density at radius 1 is 1.14 bits per heavy atom. The van der Waals surface area contributed by atoms with E-state index in [1.165, 1.54) is 38.3 Å². The van der Waals surface area contributed by atoms with Crippen molar-refractivity contribution in [3.63, 3.8) is 0 Å². The maximum absolute atomic E-state index is 12.5. The van der Waals surface area contributed by atoms with Crippen LogP contribution in [-0.4, -0.2) is 34.9 Å². The number of carboxylic acids is 1. The number of aliphatic carboxylic acids is 1. The third kappa shape index (κ3) is 4.92. The van der Waals surface area contributed by atoms with Crippen LogP contribution in [0.4, 0.5) is 13.2 Å². The van der Waals surface area contributed by atoms with Gasteiger partial charge < -0.3 is 19.3 Å². The molecule has 0 amide bonds. The van der Waals surface area contributed by atoms with Crippen LogP contribution in [0.2, 0.25) is 0 Å². The van der Waals surface area contributed by atoms with Crippen LogP contribution in [-0.2, 0) is 15.7 Å². The lowest BCUT2D eigenvalue weighted by Gasteiger charge is -2.32. The fraction of sp³-hybridized carbons (Fsp3) is 0.368. The number of alkyl halides is 3. The minimum absolute atomic E-state index is 0.0116. The summed E-state index contributed by atoms with van der Waals surface area (Å²) in [4.78, 5) is 15.3. The lowest BCUT2D eigenvalue weighted by molar-refractivity contribution is -0.166. The van der Waals surface area contributed by atoms with Gasteiger partial charge in [-0.25, -0.2) is 9.78 Å². The fourth-order valence-electron chi connectivity index (χ4n) is 2.58. The van der Waals surface area contributed by atoms with Gasteiger partial charge in [0.1, 0.15) is 17.6 Å². The number of halogens is 3. The molecule has 0 aliphatic heterocycles. The number of aromatic nitrogens is 1. The standard InChI is InChI=1S/C19H20F3NO5/c1-4-15(26-3)18(2,17(24)25)28-14-8-6-13(7-9-14)27-16-10-5-12(11-23-16)19(20,21)22/h5-11,15H,4H2,1-3H3,(H,24,25). The van der Waals surface area contributed by atoms with Gasteiger partial charge in [-0.1, -0.05) is 6.92 Å². The third-order valence-electron chi connectivity index (χ3n) is 4.13. The molecule has 0 radical (unpaired) electrons. The molecule has 2 atom stereocenters. The number of hydrogen-bond donors (Lipinski definition) is 1. The van der Waals surface area contributed by atoms with E-state index in [9.17, 15) is 23.1 Å². The van der Waals surface area contributed by atoms with Crippen molar-refractivity contribution in [2.24, 2.45) is 0 Å². The van der Waals surface area contributed by atoms with E-state index in [0.29, 0.717) is 18.4 Å². The summed E-state index contributed by atoms with van der Waals surface area (Å²) in [6.45, 7) is 3.20. The number of pyridine rings is 1. The van der Waals surface area contributed by atoms with E-state index >= 15 is 0 Å². The van der Waals surface area contributed by atoms with Crippen LogP contribution in [0.5, 0.6) is 17.4 Å². The Kier molecular flexibility index (Phi) is 6.50. The molecular formula is C19H20F3NO5. The predicted molar refractivity (Wildman–Crippen MR) is 93.5 cm³/mol. The first-order valence-electron chi connectivity index (χ1n) is 8.36. The molecule has 1 aromatic heterocycles. The van der Waals surface area contributed by atoms with E-state index in [-0.39, 0.29) is 11.6 Å². The van der Waals surface area contributed by atoms with Gasteiger partial charge in [-0.15, -0.1) is 0 Å². The first-order chi connectivity index (χ1) is 13.1. The van der Waals surface area contributed by atoms with Gasteiger partial charge in [0.2, 0.25) is 11.5 Å². The molecule has 0 saturated heterocycles. The minimum Gasteiger partial charge on any atom is -0.478 e. The molecule has 1 aromatic carbocycles. The normalized spacial score (nSPS) is 14.8. The molecule has 0 aliphatic carbocycles. The number of hydrogen-bond acceptors (Lipinski definition) is 5. The molecule has 9 heteroatoms. The summed E-state index contributed by atoms with van der Waals surface area (Å²) in [6, 6.07) is 7.94. The Morgan fingerprint density at radius 2 is 1.75 bits per heavy atom. The maximum atomic E-state index is 12.5. The van der Waals surface area contributed by atoms with Crippen LogP contribution in [0.1, 0.15) is 25.8 Å². The SMILES string of the molecule is CCC(OC)C(C)(Oc1ccc(Oc2ccc(C(F)(F)F)cn2)cc1)C(=O)O. The van der Waals surface area contributed by atoms with Crippen LogP contribution in [0.25, 0.3) is 0 Å². The van der Waals surface area contributed by atoms with Crippen LogP contribution >= 0.6 is 0 Å². The summed E-state index contributed by atoms with van der Waals surface area (Å²) < 4.78 is 53.9. The Morgan fingerprint density at radius 3 is 2.18 bits per heavy atom. The van der Waals surface area contributed by atoms with E-state index in [2.05, 4.69) is 4.98 Å². The molecule has 6 nitrogen and oxygen atoms in total. The molecule has 2 aromatic rings. The van der Waals surface area contributed by atoms with E-state index in [0.717, 1.165) is 12.1 Å². The minimum atomic E-state index is -4.47. The highest BCUT2D eigenvalue weighted by Crippen LogP contribution is 2.31. The van der Waals surface area contributed by atoms with Crippen molar-refractivity contribution >= 4 is 5.97 Å². The molecule has 2 unspecified atom stereocenters. The second-order valence-corrected chi connectivity index (χ2v) is 6.10. The lowest BCUT2D eigenvalue weighted by atomic mass is 9.96. The summed E-state index contributed by atoms with van der Waals surface area (Å²) in [7, 11) is 1.41. The zero-order valence-electron chi connectivity index (χ0n) is 15.5. The molecule has 2 rings (SSSR count). The van der Waals surface area contributed by atoms with Crippen molar-refractivity contribution < 1.29 is 37.3 Å².